The molecule has 0 bridgehead atoms. The first-order valence-electron chi connectivity index (χ1n) is 12.9. The summed E-state index contributed by atoms with van der Waals surface area (Å²) in [6.45, 7) is 8.58. The Kier molecular flexibility index (Phi) is 7.28. The molecule has 0 radical (unpaired) electrons. The number of aryl methyl sites for hydroxylation is 2. The van der Waals surface area contributed by atoms with E-state index in [1.807, 2.05) is 39.0 Å². The fraction of sp³-hybridized carbons (Fsp3) is 0.556. The summed E-state index contributed by atoms with van der Waals surface area (Å²) < 4.78 is 1.53. The highest BCUT2D eigenvalue weighted by molar-refractivity contribution is 6.06. The van der Waals surface area contributed by atoms with Crippen molar-refractivity contribution in [3.05, 3.63) is 46.8 Å². The molecule has 188 valence electrons. The highest BCUT2D eigenvalue weighted by Crippen LogP contribution is 2.30. The molecule has 1 aromatic carbocycles. The lowest BCUT2D eigenvalue weighted by Gasteiger charge is -2.43. The Morgan fingerprint density at radius 3 is 2.63 bits per heavy atom. The van der Waals surface area contributed by atoms with Crippen LogP contribution in [0.15, 0.2) is 24.3 Å². The summed E-state index contributed by atoms with van der Waals surface area (Å²) >= 11 is 0. The van der Waals surface area contributed by atoms with Crippen LogP contribution < -0.4 is 10.6 Å². The number of benzene rings is 1. The summed E-state index contributed by atoms with van der Waals surface area (Å²) in [5.74, 6) is -0.764. The second kappa shape index (κ2) is 10.2. The SMILES string of the molecule is CCCCN1C(=O)c2cc(C(=O)Nc3c(C)cccc3CC)nn2C[C@@]1(C)C(=O)NC1CCCC1. The quantitative estimate of drug-likeness (QED) is 0.596. The van der Waals surface area contributed by atoms with Crippen LogP contribution in [0, 0.1) is 6.92 Å². The molecule has 3 amide bonds. The molecular formula is C27H37N5O3. The Bertz CT molecular complexity index is 1120. The average molecular weight is 480 g/mol. The average Bonchev–Trinajstić information content (AvgIpc) is 3.50. The number of nitrogens with one attached hydrogen (secondary N) is 2. The van der Waals surface area contributed by atoms with E-state index in [1.165, 1.54) is 4.68 Å². The number of aromatic nitrogens is 2. The number of anilines is 1. The van der Waals surface area contributed by atoms with E-state index in [2.05, 4.69) is 22.7 Å². The standard InChI is InChI=1S/C27H37N5O3/c1-5-7-15-31-25(34)22-16-21(24(33)29-23-18(3)11-10-12-19(23)6-2)30-32(22)17-27(31,4)26(35)28-20-13-8-9-14-20/h10-12,16,20H,5-9,13-15,17H2,1-4H3,(H,28,35)(H,29,33)/t27-/m0/s1. The Hall–Kier alpha value is -3.16. The van der Waals surface area contributed by atoms with Gasteiger partial charge in [-0.1, -0.05) is 51.3 Å². The topological polar surface area (TPSA) is 96.3 Å². The molecule has 8 nitrogen and oxygen atoms in total. The van der Waals surface area contributed by atoms with Crippen LogP contribution in [0.3, 0.4) is 0 Å². The molecule has 0 saturated heterocycles. The number of carbonyl (C=O) groups excluding carboxylic acids is 3. The number of carbonyl (C=O) groups is 3. The molecule has 1 aromatic heterocycles. The first kappa shape index (κ1) is 24.9. The van der Waals surface area contributed by atoms with Gasteiger partial charge in [-0.25, -0.2) is 0 Å². The molecule has 4 rings (SSSR count). The number of hydrogen-bond donors (Lipinski definition) is 2. The number of fused-ring (bicyclic) bond motifs is 1. The van der Waals surface area contributed by atoms with Crippen molar-refractivity contribution in [1.82, 2.24) is 20.0 Å². The Balaban J connectivity index is 1.62. The van der Waals surface area contributed by atoms with Crippen LogP contribution in [0.25, 0.3) is 0 Å². The van der Waals surface area contributed by atoms with Crippen LogP contribution in [0.1, 0.15) is 91.4 Å². The Morgan fingerprint density at radius 2 is 1.94 bits per heavy atom. The van der Waals surface area contributed by atoms with Crippen molar-refractivity contribution in [2.45, 2.75) is 90.8 Å². The maximum atomic E-state index is 13.6. The second-order valence-electron chi connectivity index (χ2n) is 10.0. The van der Waals surface area contributed by atoms with Crippen LogP contribution in [0.2, 0.25) is 0 Å². The Morgan fingerprint density at radius 1 is 1.20 bits per heavy atom. The molecule has 1 aliphatic carbocycles. The van der Waals surface area contributed by atoms with Crippen molar-refractivity contribution in [3.63, 3.8) is 0 Å². The minimum atomic E-state index is -1.06. The number of hydrogen-bond acceptors (Lipinski definition) is 4. The van der Waals surface area contributed by atoms with Crippen LogP contribution in [0.5, 0.6) is 0 Å². The Labute approximate surface area is 207 Å². The van der Waals surface area contributed by atoms with Crippen molar-refractivity contribution in [2.75, 3.05) is 11.9 Å². The van der Waals surface area contributed by atoms with Gasteiger partial charge in [0.2, 0.25) is 5.91 Å². The molecule has 8 heteroatoms. The highest BCUT2D eigenvalue weighted by atomic mass is 16.2. The van der Waals surface area contributed by atoms with E-state index in [-0.39, 0.29) is 36.0 Å². The van der Waals surface area contributed by atoms with Crippen molar-refractivity contribution >= 4 is 23.4 Å². The molecule has 0 spiro atoms. The van der Waals surface area contributed by atoms with Crippen LogP contribution in [-0.4, -0.2) is 50.5 Å². The number of amides is 3. The van der Waals surface area contributed by atoms with Gasteiger partial charge in [-0.2, -0.15) is 5.10 Å². The van der Waals surface area contributed by atoms with Gasteiger partial charge in [0.1, 0.15) is 11.2 Å². The van der Waals surface area contributed by atoms with Crippen molar-refractivity contribution in [2.24, 2.45) is 0 Å². The van der Waals surface area contributed by atoms with E-state index in [0.717, 1.165) is 61.8 Å². The van der Waals surface area contributed by atoms with E-state index >= 15 is 0 Å². The number of para-hydroxylation sites is 1. The summed E-state index contributed by atoms with van der Waals surface area (Å²) in [4.78, 5) is 41.9. The van der Waals surface area contributed by atoms with Crippen LogP contribution in [-0.2, 0) is 17.8 Å². The molecule has 1 atom stereocenters. The summed E-state index contributed by atoms with van der Waals surface area (Å²) in [6, 6.07) is 7.63. The molecule has 2 heterocycles. The lowest BCUT2D eigenvalue weighted by Crippen LogP contribution is -2.65. The molecule has 0 unspecified atom stereocenters. The molecule has 35 heavy (non-hydrogen) atoms. The predicted molar refractivity (Wildman–Crippen MR) is 135 cm³/mol. The van der Waals surface area contributed by atoms with Crippen molar-refractivity contribution in [3.8, 4) is 0 Å². The van der Waals surface area contributed by atoms with Gasteiger partial charge in [-0.15, -0.1) is 0 Å². The van der Waals surface area contributed by atoms with E-state index in [9.17, 15) is 14.4 Å². The molecule has 2 N–H and O–H groups in total. The second-order valence-corrected chi connectivity index (χ2v) is 10.0. The van der Waals surface area contributed by atoms with Crippen LogP contribution >= 0.6 is 0 Å². The van der Waals surface area contributed by atoms with Gasteiger partial charge in [0.05, 0.1) is 6.54 Å². The molecule has 2 aromatic rings. The number of rotatable bonds is 8. The number of nitrogens with zero attached hydrogens (tertiary/aromatic N) is 3. The lowest BCUT2D eigenvalue weighted by atomic mass is 9.94. The fourth-order valence-electron chi connectivity index (χ4n) is 5.21. The lowest BCUT2D eigenvalue weighted by molar-refractivity contribution is -0.133. The van der Waals surface area contributed by atoms with Crippen LogP contribution in [0.4, 0.5) is 5.69 Å². The van der Waals surface area contributed by atoms with Crippen molar-refractivity contribution in [1.29, 1.82) is 0 Å². The van der Waals surface area contributed by atoms with Gasteiger partial charge >= 0.3 is 0 Å². The van der Waals surface area contributed by atoms with Gasteiger partial charge in [0.25, 0.3) is 11.8 Å². The third-order valence-electron chi connectivity index (χ3n) is 7.42. The van der Waals surface area contributed by atoms with Gasteiger partial charge in [0.15, 0.2) is 5.69 Å². The van der Waals surface area contributed by atoms with Gasteiger partial charge in [0, 0.05) is 24.3 Å². The fourth-order valence-corrected chi connectivity index (χ4v) is 5.21. The summed E-state index contributed by atoms with van der Waals surface area (Å²) in [5, 5.41) is 10.6. The zero-order valence-electron chi connectivity index (χ0n) is 21.3. The third kappa shape index (κ3) is 4.83. The zero-order valence-corrected chi connectivity index (χ0v) is 21.3. The smallest absolute Gasteiger partial charge is 0.276 e. The summed E-state index contributed by atoms with van der Waals surface area (Å²) in [7, 11) is 0. The predicted octanol–water partition coefficient (Wildman–Crippen LogP) is 4.08. The maximum Gasteiger partial charge on any atom is 0.276 e. The normalized spacial score (nSPS) is 20.1. The monoisotopic (exact) mass is 479 g/mol. The molecule has 2 aliphatic rings. The zero-order chi connectivity index (χ0) is 25.2. The minimum Gasteiger partial charge on any atom is -0.351 e. The van der Waals surface area contributed by atoms with E-state index in [0.29, 0.717) is 12.2 Å². The first-order chi connectivity index (χ1) is 16.8. The molecule has 1 aliphatic heterocycles. The van der Waals surface area contributed by atoms with Gasteiger partial charge < -0.3 is 15.5 Å². The van der Waals surface area contributed by atoms with Gasteiger partial charge in [-0.05, 0) is 50.7 Å². The molecule has 1 saturated carbocycles. The van der Waals surface area contributed by atoms with Gasteiger partial charge in [-0.3, -0.25) is 19.1 Å². The highest BCUT2D eigenvalue weighted by Gasteiger charge is 2.48. The van der Waals surface area contributed by atoms with E-state index < -0.39 is 5.54 Å². The minimum absolute atomic E-state index is 0.145. The maximum absolute atomic E-state index is 13.6. The largest absolute Gasteiger partial charge is 0.351 e. The van der Waals surface area contributed by atoms with Crippen molar-refractivity contribution < 1.29 is 14.4 Å². The third-order valence-corrected chi connectivity index (χ3v) is 7.42. The first-order valence-corrected chi connectivity index (χ1v) is 12.9. The summed E-state index contributed by atoms with van der Waals surface area (Å²) in [6.07, 6.45) is 6.67. The van der Waals surface area contributed by atoms with E-state index in [4.69, 9.17) is 0 Å². The summed E-state index contributed by atoms with van der Waals surface area (Å²) in [5.41, 5.74) is 2.25. The molecular weight excluding hydrogens is 442 g/mol. The van der Waals surface area contributed by atoms with E-state index in [1.54, 1.807) is 11.0 Å². The number of unbranched alkanes of at least 4 members (excludes halogenated alkanes) is 1. The molecule has 1 fully saturated rings.